The third-order valence-electron chi connectivity index (χ3n) is 2.75. The van der Waals surface area contributed by atoms with Gasteiger partial charge in [0.15, 0.2) is 5.76 Å². The van der Waals surface area contributed by atoms with E-state index in [0.29, 0.717) is 31.2 Å². The Hall–Kier alpha value is -1.36. The highest BCUT2D eigenvalue weighted by Gasteiger charge is 2.14. The average Bonchev–Trinajstić information content (AvgIpc) is 2.71. The second-order valence-electron chi connectivity index (χ2n) is 5.15. The fourth-order valence-electron chi connectivity index (χ4n) is 1.95. The summed E-state index contributed by atoms with van der Waals surface area (Å²) >= 11 is 0. The number of carbonyl (C=O) groups is 1. The lowest BCUT2D eigenvalue weighted by molar-refractivity contribution is -0.122. The first-order chi connectivity index (χ1) is 8.51. The molecule has 0 fully saturated rings. The number of hydrogen-bond acceptors (Lipinski definition) is 4. The van der Waals surface area contributed by atoms with E-state index in [9.17, 15) is 4.79 Å². The van der Waals surface area contributed by atoms with Gasteiger partial charge in [0.25, 0.3) is 0 Å². The van der Waals surface area contributed by atoms with E-state index in [1.165, 1.54) is 0 Å². The highest BCUT2D eigenvalue weighted by Crippen LogP contribution is 2.14. The van der Waals surface area contributed by atoms with Gasteiger partial charge in [0.2, 0.25) is 5.91 Å². The van der Waals surface area contributed by atoms with Gasteiger partial charge in [-0.2, -0.15) is 0 Å². The van der Waals surface area contributed by atoms with Gasteiger partial charge in [-0.05, 0) is 31.7 Å². The molecule has 0 spiro atoms. The molecule has 1 aromatic heterocycles. The Kier molecular flexibility index (Phi) is 5.85. The van der Waals surface area contributed by atoms with E-state index in [0.717, 1.165) is 12.1 Å². The lowest BCUT2D eigenvalue weighted by Gasteiger charge is -2.16. The first-order valence-corrected chi connectivity index (χ1v) is 6.40. The molecule has 5 heteroatoms. The minimum absolute atomic E-state index is 0.0140. The molecular formula is C13H23N3O2. The average molecular weight is 253 g/mol. The summed E-state index contributed by atoms with van der Waals surface area (Å²) in [6, 6.07) is 1.81. The van der Waals surface area contributed by atoms with E-state index in [1.807, 2.05) is 13.0 Å². The standard InChI is InChI=1S/C13H23N3O2/c1-9(2)4-11(7-14)6-13(17)15-8-12-5-10(3)16-18-12/h5,9,11H,4,6-8,14H2,1-3H3,(H,15,17). The Morgan fingerprint density at radius 3 is 2.78 bits per heavy atom. The van der Waals surface area contributed by atoms with Gasteiger partial charge in [0.1, 0.15) is 0 Å². The van der Waals surface area contributed by atoms with Crippen molar-refractivity contribution < 1.29 is 9.32 Å². The molecule has 0 aromatic carbocycles. The van der Waals surface area contributed by atoms with Crippen molar-refractivity contribution in [2.24, 2.45) is 17.6 Å². The van der Waals surface area contributed by atoms with Crippen molar-refractivity contribution in [1.82, 2.24) is 10.5 Å². The van der Waals surface area contributed by atoms with Crippen molar-refractivity contribution in [2.75, 3.05) is 6.54 Å². The molecule has 1 unspecified atom stereocenters. The maximum atomic E-state index is 11.7. The van der Waals surface area contributed by atoms with E-state index in [1.54, 1.807) is 0 Å². The molecule has 0 saturated carbocycles. The monoisotopic (exact) mass is 253 g/mol. The quantitative estimate of drug-likeness (QED) is 0.773. The summed E-state index contributed by atoms with van der Waals surface area (Å²) in [5.74, 6) is 1.50. The predicted octanol–water partition coefficient (Wildman–Crippen LogP) is 1.61. The summed E-state index contributed by atoms with van der Waals surface area (Å²) in [5.41, 5.74) is 6.49. The summed E-state index contributed by atoms with van der Waals surface area (Å²) in [4.78, 5) is 11.7. The molecule has 1 atom stereocenters. The van der Waals surface area contributed by atoms with Gasteiger partial charge in [0.05, 0.1) is 12.2 Å². The van der Waals surface area contributed by atoms with Gasteiger partial charge < -0.3 is 15.6 Å². The molecule has 102 valence electrons. The molecule has 18 heavy (non-hydrogen) atoms. The van der Waals surface area contributed by atoms with Gasteiger partial charge in [-0.1, -0.05) is 19.0 Å². The molecule has 0 aliphatic rings. The maximum Gasteiger partial charge on any atom is 0.220 e. The molecule has 0 aliphatic heterocycles. The minimum Gasteiger partial charge on any atom is -0.359 e. The number of hydrogen-bond donors (Lipinski definition) is 2. The maximum absolute atomic E-state index is 11.7. The van der Waals surface area contributed by atoms with Crippen LogP contribution in [0.5, 0.6) is 0 Å². The number of nitrogens with zero attached hydrogens (tertiary/aromatic N) is 1. The van der Waals surface area contributed by atoms with Crippen LogP contribution in [0.2, 0.25) is 0 Å². The topological polar surface area (TPSA) is 81.2 Å². The van der Waals surface area contributed by atoms with E-state index in [4.69, 9.17) is 10.3 Å². The Labute approximate surface area is 108 Å². The highest BCUT2D eigenvalue weighted by molar-refractivity contribution is 5.76. The molecule has 0 radical (unpaired) electrons. The smallest absolute Gasteiger partial charge is 0.220 e. The molecule has 1 amide bonds. The van der Waals surface area contributed by atoms with Gasteiger partial charge in [-0.25, -0.2) is 0 Å². The van der Waals surface area contributed by atoms with E-state index >= 15 is 0 Å². The second-order valence-corrected chi connectivity index (χ2v) is 5.15. The van der Waals surface area contributed by atoms with Crippen molar-refractivity contribution in [1.29, 1.82) is 0 Å². The lowest BCUT2D eigenvalue weighted by atomic mass is 9.94. The highest BCUT2D eigenvalue weighted by atomic mass is 16.5. The Bertz CT molecular complexity index is 374. The molecular weight excluding hydrogens is 230 g/mol. The molecule has 0 bridgehead atoms. The van der Waals surface area contributed by atoms with Crippen LogP contribution in [0.3, 0.4) is 0 Å². The minimum atomic E-state index is 0.0140. The van der Waals surface area contributed by atoms with Crippen LogP contribution in [0.25, 0.3) is 0 Å². The van der Waals surface area contributed by atoms with E-state index in [2.05, 4.69) is 24.3 Å². The molecule has 1 rings (SSSR count). The Morgan fingerprint density at radius 2 is 2.28 bits per heavy atom. The van der Waals surface area contributed by atoms with Crippen molar-refractivity contribution in [3.05, 3.63) is 17.5 Å². The Morgan fingerprint density at radius 1 is 1.56 bits per heavy atom. The summed E-state index contributed by atoms with van der Waals surface area (Å²) in [6.45, 7) is 7.06. The van der Waals surface area contributed by atoms with Crippen LogP contribution >= 0.6 is 0 Å². The second kappa shape index (κ2) is 7.16. The number of rotatable bonds is 7. The van der Waals surface area contributed by atoms with Crippen molar-refractivity contribution >= 4 is 5.91 Å². The fourth-order valence-corrected chi connectivity index (χ4v) is 1.95. The van der Waals surface area contributed by atoms with Gasteiger partial charge in [0, 0.05) is 12.5 Å². The third kappa shape index (κ3) is 5.31. The number of aromatic nitrogens is 1. The summed E-state index contributed by atoms with van der Waals surface area (Å²) in [6.07, 6.45) is 1.45. The Balaban J connectivity index is 2.32. The fraction of sp³-hybridized carbons (Fsp3) is 0.692. The van der Waals surface area contributed by atoms with Crippen LogP contribution in [-0.2, 0) is 11.3 Å². The zero-order valence-corrected chi connectivity index (χ0v) is 11.4. The van der Waals surface area contributed by atoms with E-state index < -0.39 is 0 Å². The summed E-state index contributed by atoms with van der Waals surface area (Å²) in [5, 5.41) is 6.59. The lowest BCUT2D eigenvalue weighted by Crippen LogP contribution is -2.28. The number of nitrogens with two attached hydrogens (primary N) is 1. The van der Waals surface area contributed by atoms with Gasteiger partial charge in [-0.3, -0.25) is 4.79 Å². The normalized spacial score (nSPS) is 12.7. The third-order valence-corrected chi connectivity index (χ3v) is 2.75. The molecule has 0 saturated heterocycles. The molecule has 5 nitrogen and oxygen atoms in total. The van der Waals surface area contributed by atoms with Crippen molar-refractivity contribution in [3.8, 4) is 0 Å². The number of nitrogens with one attached hydrogen (secondary N) is 1. The largest absolute Gasteiger partial charge is 0.359 e. The zero-order chi connectivity index (χ0) is 13.5. The van der Waals surface area contributed by atoms with Crippen molar-refractivity contribution in [2.45, 2.75) is 40.2 Å². The van der Waals surface area contributed by atoms with Gasteiger partial charge in [-0.15, -0.1) is 0 Å². The number of amides is 1. The summed E-state index contributed by atoms with van der Waals surface area (Å²) < 4.78 is 5.02. The molecule has 3 N–H and O–H groups in total. The van der Waals surface area contributed by atoms with Crippen LogP contribution in [0, 0.1) is 18.8 Å². The van der Waals surface area contributed by atoms with Crippen LogP contribution in [0.1, 0.15) is 38.1 Å². The summed E-state index contributed by atoms with van der Waals surface area (Å²) in [7, 11) is 0. The molecule has 1 aromatic rings. The van der Waals surface area contributed by atoms with Crippen LogP contribution < -0.4 is 11.1 Å². The van der Waals surface area contributed by atoms with Crippen LogP contribution in [-0.4, -0.2) is 17.6 Å². The van der Waals surface area contributed by atoms with Crippen LogP contribution in [0.15, 0.2) is 10.6 Å². The van der Waals surface area contributed by atoms with Crippen LogP contribution in [0.4, 0.5) is 0 Å². The first kappa shape index (κ1) is 14.7. The van der Waals surface area contributed by atoms with Gasteiger partial charge >= 0.3 is 0 Å². The van der Waals surface area contributed by atoms with Crippen molar-refractivity contribution in [3.63, 3.8) is 0 Å². The first-order valence-electron chi connectivity index (χ1n) is 6.40. The zero-order valence-electron chi connectivity index (χ0n) is 11.4. The molecule has 0 aliphatic carbocycles. The number of aryl methyl sites for hydroxylation is 1. The predicted molar refractivity (Wildman–Crippen MR) is 69.7 cm³/mol. The number of carbonyl (C=O) groups excluding carboxylic acids is 1. The molecule has 1 heterocycles. The SMILES string of the molecule is Cc1cc(CNC(=O)CC(CN)CC(C)C)on1. The van der Waals surface area contributed by atoms with E-state index in [-0.39, 0.29) is 11.8 Å².